The molecular formula is C11H13FO2. The van der Waals surface area contributed by atoms with E-state index in [1.54, 1.807) is 19.1 Å². The van der Waals surface area contributed by atoms with E-state index in [4.69, 9.17) is 4.74 Å². The molecule has 0 heterocycles. The fourth-order valence-corrected chi connectivity index (χ4v) is 1.33. The minimum absolute atomic E-state index is 0.242. The average molecular weight is 196 g/mol. The Kier molecular flexibility index (Phi) is 3.63. The zero-order chi connectivity index (χ0) is 10.6. The molecule has 0 amide bonds. The highest BCUT2D eigenvalue weighted by atomic mass is 19.1. The Labute approximate surface area is 82.7 Å². The molecule has 0 saturated heterocycles. The zero-order valence-corrected chi connectivity index (χ0v) is 8.34. The van der Waals surface area contributed by atoms with Gasteiger partial charge in [0, 0.05) is 6.42 Å². The molecule has 3 heteroatoms. The van der Waals surface area contributed by atoms with Crippen LogP contribution in [0.5, 0.6) is 5.75 Å². The fourth-order valence-electron chi connectivity index (χ4n) is 1.33. The van der Waals surface area contributed by atoms with E-state index in [1.165, 1.54) is 7.11 Å². The van der Waals surface area contributed by atoms with Crippen molar-refractivity contribution in [1.82, 2.24) is 0 Å². The van der Waals surface area contributed by atoms with Gasteiger partial charge >= 0.3 is 0 Å². The summed E-state index contributed by atoms with van der Waals surface area (Å²) in [6.45, 7) is 1.68. The second-order valence-corrected chi connectivity index (χ2v) is 3.13. The molecule has 0 aliphatic heterocycles. The summed E-state index contributed by atoms with van der Waals surface area (Å²) in [6, 6.07) is 3.37. The monoisotopic (exact) mass is 196 g/mol. The smallest absolute Gasteiger partial charge is 0.167 e. The summed E-state index contributed by atoms with van der Waals surface area (Å²) in [5.41, 5.74) is 1.47. The molecule has 0 atom stereocenters. The normalized spacial score (nSPS) is 9.93. The number of carbonyl (C=O) groups excluding carboxylic acids is 1. The number of aryl methyl sites for hydroxylation is 2. The molecule has 1 rings (SSSR count). The maximum absolute atomic E-state index is 13.3. The predicted molar refractivity (Wildman–Crippen MR) is 52.1 cm³/mol. The summed E-state index contributed by atoms with van der Waals surface area (Å²) < 4.78 is 18.2. The largest absolute Gasteiger partial charge is 0.494 e. The maximum atomic E-state index is 13.3. The van der Waals surface area contributed by atoms with Crippen molar-refractivity contribution in [1.29, 1.82) is 0 Å². The number of aldehydes is 1. The van der Waals surface area contributed by atoms with Crippen LogP contribution in [0.4, 0.5) is 4.39 Å². The first-order valence-electron chi connectivity index (χ1n) is 4.45. The van der Waals surface area contributed by atoms with Gasteiger partial charge in [-0.15, -0.1) is 0 Å². The van der Waals surface area contributed by atoms with E-state index in [-0.39, 0.29) is 11.6 Å². The van der Waals surface area contributed by atoms with E-state index in [0.717, 1.165) is 11.8 Å². The van der Waals surface area contributed by atoms with Gasteiger partial charge in [-0.25, -0.2) is 4.39 Å². The third kappa shape index (κ3) is 2.31. The number of hydrogen-bond donors (Lipinski definition) is 0. The minimum atomic E-state index is -0.331. The zero-order valence-electron chi connectivity index (χ0n) is 8.34. The molecule has 0 aromatic heterocycles. The van der Waals surface area contributed by atoms with Crippen molar-refractivity contribution >= 4 is 6.29 Å². The molecule has 0 spiro atoms. The molecule has 1 aromatic rings. The summed E-state index contributed by atoms with van der Waals surface area (Å²) in [5.74, 6) is -0.0896. The SMILES string of the molecule is COc1cc(CCC=O)cc(C)c1F. The lowest BCUT2D eigenvalue weighted by Crippen LogP contribution is -1.95. The van der Waals surface area contributed by atoms with Crippen LogP contribution in [0.3, 0.4) is 0 Å². The third-order valence-corrected chi connectivity index (χ3v) is 2.05. The van der Waals surface area contributed by atoms with Crippen LogP contribution in [-0.2, 0) is 11.2 Å². The number of rotatable bonds is 4. The van der Waals surface area contributed by atoms with Crippen LogP contribution in [0.15, 0.2) is 12.1 Å². The molecule has 0 bridgehead atoms. The lowest BCUT2D eigenvalue weighted by Gasteiger charge is -2.07. The maximum Gasteiger partial charge on any atom is 0.167 e. The highest BCUT2D eigenvalue weighted by Gasteiger charge is 2.07. The first-order valence-corrected chi connectivity index (χ1v) is 4.45. The molecule has 0 N–H and O–H groups in total. The minimum Gasteiger partial charge on any atom is -0.494 e. The highest BCUT2D eigenvalue weighted by Crippen LogP contribution is 2.22. The molecule has 14 heavy (non-hydrogen) atoms. The van der Waals surface area contributed by atoms with Gasteiger partial charge < -0.3 is 9.53 Å². The summed E-state index contributed by atoms with van der Waals surface area (Å²) in [4.78, 5) is 10.2. The Morgan fingerprint density at radius 3 is 2.79 bits per heavy atom. The topological polar surface area (TPSA) is 26.3 Å². The molecule has 0 aliphatic carbocycles. The first-order chi connectivity index (χ1) is 6.69. The molecule has 2 nitrogen and oxygen atoms in total. The van der Waals surface area contributed by atoms with Crippen molar-refractivity contribution in [2.45, 2.75) is 19.8 Å². The Bertz CT molecular complexity index is 334. The van der Waals surface area contributed by atoms with Crippen LogP contribution < -0.4 is 4.74 Å². The van der Waals surface area contributed by atoms with Crippen molar-refractivity contribution < 1.29 is 13.9 Å². The Morgan fingerprint density at radius 2 is 2.21 bits per heavy atom. The summed E-state index contributed by atoms with van der Waals surface area (Å²) in [7, 11) is 1.43. The number of ether oxygens (including phenoxy) is 1. The molecule has 76 valence electrons. The van der Waals surface area contributed by atoms with E-state index in [0.29, 0.717) is 18.4 Å². The van der Waals surface area contributed by atoms with Crippen LogP contribution in [0, 0.1) is 12.7 Å². The molecular weight excluding hydrogens is 183 g/mol. The van der Waals surface area contributed by atoms with Gasteiger partial charge in [-0.3, -0.25) is 0 Å². The van der Waals surface area contributed by atoms with E-state index in [1.807, 2.05) is 0 Å². The van der Waals surface area contributed by atoms with Gasteiger partial charge in [-0.2, -0.15) is 0 Å². The average Bonchev–Trinajstić information content (AvgIpc) is 2.19. The lowest BCUT2D eigenvalue weighted by atomic mass is 10.1. The van der Waals surface area contributed by atoms with Crippen LogP contribution in [0.2, 0.25) is 0 Å². The van der Waals surface area contributed by atoms with Crippen molar-refractivity contribution in [2.24, 2.45) is 0 Å². The number of hydrogen-bond acceptors (Lipinski definition) is 2. The van der Waals surface area contributed by atoms with E-state index >= 15 is 0 Å². The van der Waals surface area contributed by atoms with E-state index < -0.39 is 0 Å². The van der Waals surface area contributed by atoms with Crippen molar-refractivity contribution in [3.05, 3.63) is 29.1 Å². The van der Waals surface area contributed by atoms with E-state index in [9.17, 15) is 9.18 Å². The number of halogens is 1. The molecule has 0 aliphatic rings. The van der Waals surface area contributed by atoms with Crippen molar-refractivity contribution in [2.75, 3.05) is 7.11 Å². The van der Waals surface area contributed by atoms with Crippen LogP contribution >= 0.6 is 0 Å². The summed E-state index contributed by atoms with van der Waals surface area (Å²) in [6.07, 6.45) is 1.93. The van der Waals surface area contributed by atoms with Gasteiger partial charge in [-0.1, -0.05) is 6.07 Å². The first kappa shape index (κ1) is 10.7. The quantitative estimate of drug-likeness (QED) is 0.690. The Morgan fingerprint density at radius 1 is 1.50 bits per heavy atom. The summed E-state index contributed by atoms with van der Waals surface area (Å²) >= 11 is 0. The lowest BCUT2D eigenvalue weighted by molar-refractivity contribution is -0.107. The van der Waals surface area contributed by atoms with Gasteiger partial charge in [0.05, 0.1) is 7.11 Å². The molecule has 0 saturated carbocycles. The van der Waals surface area contributed by atoms with Crippen LogP contribution in [0.1, 0.15) is 17.5 Å². The van der Waals surface area contributed by atoms with Gasteiger partial charge in [-0.05, 0) is 30.5 Å². The summed E-state index contributed by atoms with van der Waals surface area (Å²) in [5, 5.41) is 0. The third-order valence-electron chi connectivity index (χ3n) is 2.05. The van der Waals surface area contributed by atoms with Crippen LogP contribution in [0.25, 0.3) is 0 Å². The van der Waals surface area contributed by atoms with E-state index in [2.05, 4.69) is 0 Å². The fraction of sp³-hybridized carbons (Fsp3) is 0.364. The molecule has 0 unspecified atom stereocenters. The number of methoxy groups -OCH3 is 1. The Hall–Kier alpha value is -1.38. The van der Waals surface area contributed by atoms with Crippen molar-refractivity contribution in [3.8, 4) is 5.75 Å². The predicted octanol–water partition coefficient (Wildman–Crippen LogP) is 2.27. The standard InChI is InChI=1S/C11H13FO2/c1-8-6-9(4-3-5-13)7-10(14-2)11(8)12/h5-7H,3-4H2,1-2H3. The number of benzene rings is 1. The Balaban J connectivity index is 2.97. The van der Waals surface area contributed by atoms with Gasteiger partial charge in [0.1, 0.15) is 6.29 Å². The molecule has 1 aromatic carbocycles. The van der Waals surface area contributed by atoms with Crippen molar-refractivity contribution in [3.63, 3.8) is 0 Å². The second kappa shape index (κ2) is 4.74. The number of carbonyl (C=O) groups is 1. The van der Waals surface area contributed by atoms with Gasteiger partial charge in [0.15, 0.2) is 11.6 Å². The van der Waals surface area contributed by atoms with Gasteiger partial charge in [0.2, 0.25) is 0 Å². The van der Waals surface area contributed by atoms with Gasteiger partial charge in [0.25, 0.3) is 0 Å². The highest BCUT2D eigenvalue weighted by molar-refractivity contribution is 5.50. The second-order valence-electron chi connectivity index (χ2n) is 3.13. The van der Waals surface area contributed by atoms with Crippen LogP contribution in [-0.4, -0.2) is 13.4 Å². The molecule has 0 radical (unpaired) electrons. The molecule has 0 fully saturated rings.